The van der Waals surface area contributed by atoms with E-state index in [0.29, 0.717) is 4.31 Å². The molecule has 0 aliphatic heterocycles. The maximum atomic E-state index is 11.5. The molecule has 0 bridgehead atoms. The lowest BCUT2D eigenvalue weighted by Crippen LogP contribution is -2.36. The molecule has 17 heavy (non-hydrogen) atoms. The van der Waals surface area contributed by atoms with Crippen molar-refractivity contribution in [1.29, 1.82) is 0 Å². The topological polar surface area (TPSA) is 63.7 Å². The fraction of sp³-hybridized carbons (Fsp3) is 0.222. The molecule has 0 spiro atoms. The normalized spacial score (nSPS) is 11.1. The number of methoxy groups -OCH3 is 1. The molecule has 0 aliphatic rings. The van der Waals surface area contributed by atoms with E-state index in [1.807, 2.05) is 0 Å². The van der Waals surface area contributed by atoms with Gasteiger partial charge in [-0.3, -0.25) is 0 Å². The zero-order chi connectivity index (χ0) is 13.2. The van der Waals surface area contributed by atoms with Gasteiger partial charge < -0.3 is 4.74 Å². The van der Waals surface area contributed by atoms with Crippen LogP contribution >= 0.6 is 23.2 Å². The van der Waals surface area contributed by atoms with Crippen LogP contribution < -0.4 is 4.31 Å². The Balaban J connectivity index is 3.33. The molecule has 1 rings (SSSR count). The summed E-state index contributed by atoms with van der Waals surface area (Å²) in [6.07, 6.45) is -0.141. The zero-order valence-corrected chi connectivity index (χ0v) is 11.3. The van der Waals surface area contributed by atoms with Crippen molar-refractivity contribution in [2.45, 2.75) is 0 Å². The van der Waals surface area contributed by atoms with E-state index in [0.717, 1.165) is 13.4 Å². The zero-order valence-electron chi connectivity index (χ0n) is 8.98. The van der Waals surface area contributed by atoms with E-state index < -0.39 is 16.1 Å². The van der Waals surface area contributed by atoms with Gasteiger partial charge in [-0.15, -0.1) is 0 Å². The minimum atomic E-state index is -3.80. The quantitative estimate of drug-likeness (QED) is 0.841. The van der Waals surface area contributed by atoms with Crippen LogP contribution in [-0.4, -0.2) is 27.9 Å². The van der Waals surface area contributed by atoms with Crippen molar-refractivity contribution in [2.75, 3.05) is 17.7 Å². The van der Waals surface area contributed by atoms with Crippen LogP contribution in [0.15, 0.2) is 18.2 Å². The smallest absolute Gasteiger partial charge is 0.428 e. The number of halogens is 2. The Bertz CT molecular complexity index is 544. The van der Waals surface area contributed by atoms with Crippen LogP contribution in [0.25, 0.3) is 0 Å². The van der Waals surface area contributed by atoms with Gasteiger partial charge in [0.05, 0.1) is 29.1 Å². The Morgan fingerprint density at radius 2 is 1.88 bits per heavy atom. The number of rotatable bonds is 2. The molecular weight excluding hydrogens is 289 g/mol. The first kappa shape index (κ1) is 14.1. The van der Waals surface area contributed by atoms with E-state index in [-0.39, 0.29) is 15.7 Å². The molecule has 1 amide bonds. The highest BCUT2D eigenvalue weighted by atomic mass is 35.5. The molecule has 0 radical (unpaired) electrons. The van der Waals surface area contributed by atoms with Crippen molar-refractivity contribution in [1.82, 2.24) is 0 Å². The lowest BCUT2D eigenvalue weighted by atomic mass is 10.3. The summed E-state index contributed by atoms with van der Waals surface area (Å²) < 4.78 is 27.8. The van der Waals surface area contributed by atoms with Crippen LogP contribution in [0.2, 0.25) is 10.0 Å². The molecule has 1 aromatic rings. The summed E-state index contributed by atoms with van der Waals surface area (Å²) >= 11 is 11.4. The second-order valence-electron chi connectivity index (χ2n) is 3.10. The molecule has 0 unspecified atom stereocenters. The minimum absolute atomic E-state index is 0.0637. The number of sulfonamides is 1. The van der Waals surface area contributed by atoms with E-state index in [1.165, 1.54) is 18.2 Å². The largest absolute Gasteiger partial charge is 0.452 e. The molecule has 0 fully saturated rings. The molecule has 0 aliphatic carbocycles. The van der Waals surface area contributed by atoms with Gasteiger partial charge in [-0.1, -0.05) is 23.2 Å². The molecule has 0 atom stereocenters. The summed E-state index contributed by atoms with van der Waals surface area (Å²) in [5.41, 5.74) is 0.0637. The molecule has 1 aromatic carbocycles. The molecule has 0 heterocycles. The first-order valence-corrected chi connectivity index (χ1v) is 6.91. The number of carbonyl (C=O) groups is 1. The highest BCUT2D eigenvalue weighted by Crippen LogP contribution is 2.28. The van der Waals surface area contributed by atoms with Crippen LogP contribution in [0.1, 0.15) is 0 Å². The third-order valence-corrected chi connectivity index (χ3v) is 3.57. The van der Waals surface area contributed by atoms with E-state index >= 15 is 0 Å². The van der Waals surface area contributed by atoms with Crippen LogP contribution in [0, 0.1) is 0 Å². The lowest BCUT2D eigenvalue weighted by molar-refractivity contribution is 0.183. The molecule has 0 saturated carbocycles. The summed E-state index contributed by atoms with van der Waals surface area (Å²) in [6.45, 7) is 0. The minimum Gasteiger partial charge on any atom is -0.452 e. The van der Waals surface area contributed by atoms with E-state index in [1.54, 1.807) is 0 Å². The van der Waals surface area contributed by atoms with E-state index in [4.69, 9.17) is 23.2 Å². The highest BCUT2D eigenvalue weighted by molar-refractivity contribution is 7.92. The number of benzene rings is 1. The van der Waals surface area contributed by atoms with Crippen LogP contribution in [0.5, 0.6) is 0 Å². The van der Waals surface area contributed by atoms with E-state index in [9.17, 15) is 13.2 Å². The van der Waals surface area contributed by atoms with Crippen LogP contribution in [0.4, 0.5) is 10.5 Å². The monoisotopic (exact) mass is 297 g/mol. The predicted molar refractivity (Wildman–Crippen MR) is 66.2 cm³/mol. The van der Waals surface area contributed by atoms with Crippen LogP contribution in [0.3, 0.4) is 0 Å². The number of hydrogen-bond donors (Lipinski definition) is 0. The third kappa shape index (κ3) is 3.24. The molecule has 0 N–H and O–H groups in total. The summed E-state index contributed by atoms with van der Waals surface area (Å²) in [5, 5.41) is 0.399. The van der Waals surface area contributed by atoms with Crippen molar-refractivity contribution in [3.8, 4) is 0 Å². The molecule has 5 nitrogen and oxygen atoms in total. The molecule has 0 saturated heterocycles. The summed E-state index contributed by atoms with van der Waals surface area (Å²) in [4.78, 5) is 11.4. The summed E-state index contributed by atoms with van der Waals surface area (Å²) in [5.74, 6) is 0. The third-order valence-electron chi connectivity index (χ3n) is 1.81. The first-order valence-electron chi connectivity index (χ1n) is 4.30. The fourth-order valence-electron chi connectivity index (χ4n) is 1.13. The predicted octanol–water partition coefficient (Wildman–Crippen LogP) is 2.53. The second-order valence-corrected chi connectivity index (χ2v) is 5.74. The molecule has 0 aromatic heterocycles. The van der Waals surface area contributed by atoms with Gasteiger partial charge in [0, 0.05) is 0 Å². The van der Waals surface area contributed by atoms with Gasteiger partial charge >= 0.3 is 6.09 Å². The number of anilines is 1. The van der Waals surface area contributed by atoms with Crippen molar-refractivity contribution < 1.29 is 17.9 Å². The number of amides is 1. The van der Waals surface area contributed by atoms with Gasteiger partial charge in [0.15, 0.2) is 0 Å². The second kappa shape index (κ2) is 5.12. The maximum Gasteiger partial charge on any atom is 0.428 e. The number of hydrogen-bond acceptors (Lipinski definition) is 4. The Morgan fingerprint density at radius 1 is 1.29 bits per heavy atom. The van der Waals surface area contributed by atoms with E-state index in [2.05, 4.69) is 4.74 Å². The Morgan fingerprint density at radius 3 is 2.29 bits per heavy atom. The van der Waals surface area contributed by atoms with Gasteiger partial charge in [0.25, 0.3) is 0 Å². The van der Waals surface area contributed by atoms with Gasteiger partial charge in [0.1, 0.15) is 0 Å². The Kier molecular flexibility index (Phi) is 4.24. The first-order chi connectivity index (χ1) is 7.77. The lowest BCUT2D eigenvalue weighted by Gasteiger charge is -2.18. The summed E-state index contributed by atoms with van der Waals surface area (Å²) in [6, 6.07) is 4.01. The van der Waals surface area contributed by atoms with Crippen molar-refractivity contribution >= 4 is 45.0 Å². The highest BCUT2D eigenvalue weighted by Gasteiger charge is 2.26. The van der Waals surface area contributed by atoms with Crippen molar-refractivity contribution in [3.05, 3.63) is 28.2 Å². The van der Waals surface area contributed by atoms with Gasteiger partial charge in [0.2, 0.25) is 10.0 Å². The summed E-state index contributed by atoms with van der Waals surface area (Å²) in [7, 11) is -2.72. The Hall–Kier alpha value is -0.980. The van der Waals surface area contributed by atoms with Gasteiger partial charge in [-0.2, -0.15) is 4.31 Å². The number of nitrogens with zero attached hydrogens (tertiary/aromatic N) is 1. The van der Waals surface area contributed by atoms with Crippen LogP contribution in [-0.2, 0) is 14.8 Å². The SMILES string of the molecule is COC(=O)N(c1ccc(Cl)c(Cl)c1)S(C)(=O)=O. The molecule has 94 valence electrons. The number of carbonyl (C=O) groups excluding carboxylic acids is 1. The molecule has 8 heteroatoms. The maximum absolute atomic E-state index is 11.5. The Labute approximate surface area is 109 Å². The fourth-order valence-corrected chi connectivity index (χ4v) is 2.26. The standard InChI is InChI=1S/C9H9Cl2NO4S/c1-16-9(13)12(17(2,14)15)6-3-4-7(10)8(11)5-6/h3-5H,1-2H3. The van der Waals surface area contributed by atoms with Crippen molar-refractivity contribution in [2.24, 2.45) is 0 Å². The van der Waals surface area contributed by atoms with Gasteiger partial charge in [-0.05, 0) is 18.2 Å². The average Bonchev–Trinajstić information content (AvgIpc) is 2.21. The van der Waals surface area contributed by atoms with Gasteiger partial charge in [-0.25, -0.2) is 13.2 Å². The molecular formula is C9H9Cl2NO4S. The average molecular weight is 298 g/mol. The van der Waals surface area contributed by atoms with Crippen molar-refractivity contribution in [3.63, 3.8) is 0 Å². The number of ether oxygens (including phenoxy) is 1.